The first-order chi connectivity index (χ1) is 18.0. The molecule has 0 amide bonds. The summed E-state index contributed by atoms with van der Waals surface area (Å²) in [4.78, 5) is 12.8. The molecule has 1 aliphatic rings. The van der Waals surface area contributed by atoms with E-state index in [1.165, 1.54) is 0 Å². The highest BCUT2D eigenvalue weighted by atomic mass is 16.7. The van der Waals surface area contributed by atoms with E-state index in [0.717, 1.165) is 49.0 Å². The summed E-state index contributed by atoms with van der Waals surface area (Å²) >= 11 is 0. The van der Waals surface area contributed by atoms with Crippen LogP contribution in [-0.4, -0.2) is 53.7 Å². The van der Waals surface area contributed by atoms with Gasteiger partial charge in [0.1, 0.15) is 5.78 Å². The van der Waals surface area contributed by atoms with Crippen LogP contribution in [0.15, 0.2) is 36.4 Å². The summed E-state index contributed by atoms with van der Waals surface area (Å²) in [6.07, 6.45) is 5.73. The third kappa shape index (κ3) is 8.11. The molecule has 37 heavy (non-hydrogen) atoms. The fraction of sp³-hybridized carbons (Fsp3) is 0.567. The number of ketones is 1. The molecule has 1 aliphatic heterocycles. The zero-order chi connectivity index (χ0) is 26.6. The molecule has 0 spiro atoms. The van der Waals surface area contributed by atoms with E-state index in [-0.39, 0.29) is 30.5 Å². The van der Waals surface area contributed by atoms with Crippen LogP contribution in [0.2, 0.25) is 0 Å². The maximum Gasteiger partial charge on any atom is 0.188 e. The number of carbonyl (C=O) groups excluding carboxylic acids is 1. The summed E-state index contributed by atoms with van der Waals surface area (Å²) < 4.78 is 33.4. The predicted molar refractivity (Wildman–Crippen MR) is 143 cm³/mol. The molecule has 0 N–H and O–H groups in total. The fourth-order valence-corrected chi connectivity index (χ4v) is 5.08. The van der Waals surface area contributed by atoms with Crippen LogP contribution in [0.4, 0.5) is 0 Å². The van der Waals surface area contributed by atoms with Crippen molar-refractivity contribution < 1.29 is 33.2 Å². The Labute approximate surface area is 221 Å². The number of hydrogen-bond acceptors (Lipinski definition) is 7. The zero-order valence-electron chi connectivity index (χ0n) is 22.9. The van der Waals surface area contributed by atoms with E-state index in [1.807, 2.05) is 24.3 Å². The number of hydrogen-bond donors (Lipinski definition) is 0. The Bertz CT molecular complexity index is 990. The van der Waals surface area contributed by atoms with Crippen molar-refractivity contribution in [2.75, 3.05) is 41.8 Å². The van der Waals surface area contributed by atoms with Crippen molar-refractivity contribution in [3.63, 3.8) is 0 Å². The lowest BCUT2D eigenvalue weighted by Crippen LogP contribution is -2.26. The van der Waals surface area contributed by atoms with E-state index in [2.05, 4.69) is 19.1 Å². The molecule has 0 aromatic heterocycles. The number of ether oxygens (including phenoxy) is 6. The van der Waals surface area contributed by atoms with E-state index in [1.54, 1.807) is 28.4 Å². The lowest BCUT2D eigenvalue weighted by molar-refractivity contribution is -0.121. The lowest BCUT2D eigenvalue weighted by Gasteiger charge is -2.24. The Balaban J connectivity index is 1.80. The van der Waals surface area contributed by atoms with Gasteiger partial charge in [-0.15, -0.1) is 0 Å². The lowest BCUT2D eigenvalue weighted by atomic mass is 9.80. The van der Waals surface area contributed by atoms with Gasteiger partial charge in [0.05, 0.1) is 34.0 Å². The minimum Gasteiger partial charge on any atom is -0.493 e. The highest BCUT2D eigenvalue weighted by Crippen LogP contribution is 2.38. The standard InChI is InChI=1S/C30H42O7/c1-6-7-8-9-24(31)18-28-25(15-22-11-13-27(37-20-32-2)30(17-22)35-5)23(19-36-28)14-21-10-12-26(33-3)29(16-21)34-4/h10-13,16-17,23,25,28H,6-9,14-15,18-20H2,1-5H3/t23-,25+,28?/m0/s1. The molecular formula is C30H42O7. The average molecular weight is 515 g/mol. The smallest absolute Gasteiger partial charge is 0.188 e. The average Bonchev–Trinajstić information content (AvgIpc) is 3.27. The Hall–Kier alpha value is -2.77. The van der Waals surface area contributed by atoms with Gasteiger partial charge in [0, 0.05) is 20.0 Å². The molecule has 1 heterocycles. The zero-order valence-corrected chi connectivity index (χ0v) is 22.9. The monoisotopic (exact) mass is 514 g/mol. The van der Waals surface area contributed by atoms with Crippen molar-refractivity contribution in [2.24, 2.45) is 11.8 Å². The summed E-state index contributed by atoms with van der Waals surface area (Å²) in [5.41, 5.74) is 2.28. The van der Waals surface area contributed by atoms with Gasteiger partial charge in [0.15, 0.2) is 29.8 Å². The van der Waals surface area contributed by atoms with Crippen molar-refractivity contribution in [3.05, 3.63) is 47.5 Å². The van der Waals surface area contributed by atoms with Crippen molar-refractivity contribution >= 4 is 5.78 Å². The Kier molecular flexibility index (Phi) is 11.5. The van der Waals surface area contributed by atoms with E-state index in [0.29, 0.717) is 36.7 Å². The van der Waals surface area contributed by atoms with Gasteiger partial charge in [-0.05, 0) is 66.5 Å². The minimum absolute atomic E-state index is 0.102. The number of Topliss-reactive ketones (excluding diaryl/α,β-unsaturated/α-hetero) is 1. The van der Waals surface area contributed by atoms with Gasteiger partial charge in [0.2, 0.25) is 0 Å². The summed E-state index contributed by atoms with van der Waals surface area (Å²) in [5, 5.41) is 0. The molecule has 7 nitrogen and oxygen atoms in total. The van der Waals surface area contributed by atoms with Crippen LogP contribution in [0.25, 0.3) is 0 Å². The molecule has 0 radical (unpaired) electrons. The van der Waals surface area contributed by atoms with Gasteiger partial charge in [0.25, 0.3) is 0 Å². The molecule has 1 fully saturated rings. The van der Waals surface area contributed by atoms with Crippen LogP contribution >= 0.6 is 0 Å². The molecular weight excluding hydrogens is 472 g/mol. The first-order valence-corrected chi connectivity index (χ1v) is 13.2. The Morgan fingerprint density at radius 1 is 0.865 bits per heavy atom. The number of methoxy groups -OCH3 is 4. The molecule has 7 heteroatoms. The second-order valence-electron chi connectivity index (χ2n) is 9.63. The van der Waals surface area contributed by atoms with Gasteiger partial charge in [-0.25, -0.2) is 0 Å². The van der Waals surface area contributed by atoms with Crippen molar-refractivity contribution in [1.82, 2.24) is 0 Å². The quantitative estimate of drug-likeness (QED) is 0.212. The van der Waals surface area contributed by atoms with Crippen molar-refractivity contribution in [3.8, 4) is 23.0 Å². The third-order valence-corrected chi connectivity index (χ3v) is 7.07. The number of rotatable bonds is 16. The van der Waals surface area contributed by atoms with Crippen LogP contribution in [-0.2, 0) is 27.1 Å². The van der Waals surface area contributed by atoms with Crippen LogP contribution in [0.1, 0.15) is 50.2 Å². The highest BCUT2D eigenvalue weighted by Gasteiger charge is 2.38. The first kappa shape index (κ1) is 28.8. The number of carbonyl (C=O) groups is 1. The summed E-state index contributed by atoms with van der Waals surface area (Å²) in [5.74, 6) is 3.48. The first-order valence-electron chi connectivity index (χ1n) is 13.2. The normalized spacial score (nSPS) is 19.0. The summed E-state index contributed by atoms with van der Waals surface area (Å²) in [6.45, 7) is 2.93. The third-order valence-electron chi connectivity index (χ3n) is 7.07. The minimum atomic E-state index is -0.102. The maximum atomic E-state index is 12.8. The van der Waals surface area contributed by atoms with E-state index < -0.39 is 0 Å². The van der Waals surface area contributed by atoms with Gasteiger partial charge >= 0.3 is 0 Å². The van der Waals surface area contributed by atoms with Gasteiger partial charge < -0.3 is 28.4 Å². The molecule has 0 saturated carbocycles. The van der Waals surface area contributed by atoms with Crippen LogP contribution in [0.3, 0.4) is 0 Å². The molecule has 0 bridgehead atoms. The van der Waals surface area contributed by atoms with Gasteiger partial charge in [-0.1, -0.05) is 31.9 Å². The second kappa shape index (κ2) is 14.8. The fourth-order valence-electron chi connectivity index (χ4n) is 5.08. The number of benzene rings is 2. The molecule has 3 rings (SSSR count). The molecule has 2 aromatic rings. The molecule has 204 valence electrons. The van der Waals surface area contributed by atoms with E-state index in [4.69, 9.17) is 28.4 Å². The largest absolute Gasteiger partial charge is 0.493 e. The van der Waals surface area contributed by atoms with E-state index >= 15 is 0 Å². The maximum absolute atomic E-state index is 12.8. The van der Waals surface area contributed by atoms with E-state index in [9.17, 15) is 4.79 Å². The topological polar surface area (TPSA) is 72.5 Å². The number of unbranched alkanes of at least 4 members (excludes halogenated alkanes) is 2. The molecule has 2 aromatic carbocycles. The Morgan fingerprint density at radius 2 is 1.51 bits per heavy atom. The summed E-state index contributed by atoms with van der Waals surface area (Å²) in [7, 11) is 6.51. The Morgan fingerprint density at radius 3 is 2.16 bits per heavy atom. The van der Waals surface area contributed by atoms with Gasteiger partial charge in [-0.2, -0.15) is 0 Å². The second-order valence-corrected chi connectivity index (χ2v) is 9.63. The van der Waals surface area contributed by atoms with Gasteiger partial charge in [-0.3, -0.25) is 4.79 Å². The molecule has 1 unspecified atom stereocenters. The molecule has 3 atom stereocenters. The van der Waals surface area contributed by atoms with Crippen molar-refractivity contribution in [2.45, 2.75) is 58.0 Å². The van der Waals surface area contributed by atoms with Crippen LogP contribution in [0.5, 0.6) is 23.0 Å². The van der Waals surface area contributed by atoms with Crippen LogP contribution < -0.4 is 18.9 Å². The van der Waals surface area contributed by atoms with Crippen molar-refractivity contribution in [1.29, 1.82) is 0 Å². The van der Waals surface area contributed by atoms with Crippen LogP contribution in [0, 0.1) is 11.8 Å². The summed E-state index contributed by atoms with van der Waals surface area (Å²) in [6, 6.07) is 12.0. The molecule has 0 aliphatic carbocycles. The predicted octanol–water partition coefficient (Wildman–Crippen LogP) is 5.65. The highest BCUT2D eigenvalue weighted by molar-refractivity contribution is 5.78. The SMILES string of the molecule is CCCCCC(=O)CC1OC[C@H](Cc2ccc(OC)c(OC)c2)[C@H]1Cc1ccc(OCOC)c(OC)c1. The molecule has 1 saturated heterocycles.